The van der Waals surface area contributed by atoms with Crippen molar-refractivity contribution in [2.45, 2.75) is 31.3 Å². The summed E-state index contributed by atoms with van der Waals surface area (Å²) in [7, 11) is 0. The SMILES string of the molecule is NC(=O)c1cccnc1NC1CCN2CCCC12. The van der Waals surface area contributed by atoms with Crippen LogP contribution in [0.25, 0.3) is 0 Å². The fourth-order valence-electron chi connectivity index (χ4n) is 3.15. The van der Waals surface area contributed by atoms with Gasteiger partial charge in [-0.15, -0.1) is 0 Å². The first-order valence-electron chi connectivity index (χ1n) is 6.51. The summed E-state index contributed by atoms with van der Waals surface area (Å²) in [6.45, 7) is 2.34. The summed E-state index contributed by atoms with van der Waals surface area (Å²) in [6, 6.07) is 4.44. The van der Waals surface area contributed by atoms with Gasteiger partial charge in [0.05, 0.1) is 5.56 Å². The lowest BCUT2D eigenvalue weighted by molar-refractivity contribution is 0.100. The molecule has 1 aromatic rings. The molecule has 0 aromatic carbocycles. The Kier molecular flexibility index (Phi) is 2.91. The Bertz CT molecular complexity index is 462. The van der Waals surface area contributed by atoms with Crippen LogP contribution in [0.1, 0.15) is 29.6 Å². The van der Waals surface area contributed by atoms with Gasteiger partial charge in [-0.25, -0.2) is 4.98 Å². The average molecular weight is 246 g/mol. The number of fused-ring (bicyclic) bond motifs is 1. The van der Waals surface area contributed by atoms with E-state index in [9.17, 15) is 4.79 Å². The van der Waals surface area contributed by atoms with Crippen LogP contribution >= 0.6 is 0 Å². The van der Waals surface area contributed by atoms with Crippen molar-refractivity contribution in [2.75, 3.05) is 18.4 Å². The number of carbonyl (C=O) groups excluding carboxylic acids is 1. The molecule has 1 amide bonds. The van der Waals surface area contributed by atoms with E-state index in [0.717, 1.165) is 13.0 Å². The Balaban J connectivity index is 1.78. The third-order valence-electron chi connectivity index (χ3n) is 4.00. The molecule has 3 N–H and O–H groups in total. The van der Waals surface area contributed by atoms with E-state index in [2.05, 4.69) is 15.2 Å². The quantitative estimate of drug-likeness (QED) is 0.828. The molecule has 5 nitrogen and oxygen atoms in total. The van der Waals surface area contributed by atoms with Gasteiger partial charge in [0.1, 0.15) is 5.82 Å². The van der Waals surface area contributed by atoms with Crippen molar-refractivity contribution in [3.8, 4) is 0 Å². The number of pyridine rings is 1. The molecule has 2 atom stereocenters. The number of hydrogen-bond acceptors (Lipinski definition) is 4. The molecular weight excluding hydrogens is 228 g/mol. The van der Waals surface area contributed by atoms with Gasteiger partial charge in [-0.2, -0.15) is 0 Å². The molecule has 3 rings (SSSR count). The minimum atomic E-state index is -0.424. The third kappa shape index (κ3) is 1.95. The van der Waals surface area contributed by atoms with E-state index < -0.39 is 5.91 Å². The van der Waals surface area contributed by atoms with E-state index >= 15 is 0 Å². The summed E-state index contributed by atoms with van der Waals surface area (Å²) in [4.78, 5) is 18.1. The molecule has 3 heterocycles. The van der Waals surface area contributed by atoms with E-state index in [4.69, 9.17) is 5.73 Å². The van der Waals surface area contributed by atoms with Gasteiger partial charge in [0.15, 0.2) is 0 Å². The van der Waals surface area contributed by atoms with Crippen LogP contribution in [0.5, 0.6) is 0 Å². The van der Waals surface area contributed by atoms with Crippen LogP contribution in [0.2, 0.25) is 0 Å². The van der Waals surface area contributed by atoms with Crippen LogP contribution < -0.4 is 11.1 Å². The normalized spacial score (nSPS) is 27.1. The van der Waals surface area contributed by atoms with Crippen LogP contribution in [0, 0.1) is 0 Å². The minimum Gasteiger partial charge on any atom is -0.365 e. The van der Waals surface area contributed by atoms with Crippen molar-refractivity contribution < 1.29 is 4.79 Å². The van der Waals surface area contributed by atoms with Crippen molar-refractivity contribution in [2.24, 2.45) is 5.73 Å². The van der Waals surface area contributed by atoms with Gasteiger partial charge >= 0.3 is 0 Å². The van der Waals surface area contributed by atoms with Crippen molar-refractivity contribution in [1.29, 1.82) is 0 Å². The molecule has 2 aliphatic rings. The largest absolute Gasteiger partial charge is 0.365 e. The van der Waals surface area contributed by atoms with Crippen molar-refractivity contribution in [1.82, 2.24) is 9.88 Å². The Morgan fingerprint density at radius 2 is 2.33 bits per heavy atom. The summed E-state index contributed by atoms with van der Waals surface area (Å²) in [6.07, 6.45) is 5.31. The molecule has 0 aliphatic carbocycles. The first-order valence-corrected chi connectivity index (χ1v) is 6.51. The maximum absolute atomic E-state index is 11.4. The highest BCUT2D eigenvalue weighted by Crippen LogP contribution is 2.30. The Hall–Kier alpha value is -1.62. The number of aromatic nitrogens is 1. The third-order valence-corrected chi connectivity index (χ3v) is 4.00. The second-order valence-electron chi connectivity index (χ2n) is 5.05. The summed E-state index contributed by atoms with van der Waals surface area (Å²) in [5.41, 5.74) is 5.85. The molecule has 2 aliphatic heterocycles. The van der Waals surface area contributed by atoms with Gasteiger partial charge < -0.3 is 11.1 Å². The zero-order valence-electron chi connectivity index (χ0n) is 10.3. The maximum atomic E-state index is 11.4. The predicted molar refractivity (Wildman–Crippen MR) is 69.4 cm³/mol. The molecular formula is C13H18N4O. The first kappa shape index (κ1) is 11.5. The summed E-state index contributed by atoms with van der Waals surface area (Å²) in [5.74, 6) is 0.204. The zero-order chi connectivity index (χ0) is 12.5. The van der Waals surface area contributed by atoms with Gasteiger partial charge in [0.25, 0.3) is 5.91 Å². The zero-order valence-corrected chi connectivity index (χ0v) is 10.3. The van der Waals surface area contributed by atoms with Crippen LogP contribution in [0.3, 0.4) is 0 Å². The summed E-state index contributed by atoms with van der Waals surface area (Å²) in [5, 5.41) is 3.41. The Morgan fingerprint density at radius 3 is 3.17 bits per heavy atom. The lowest BCUT2D eigenvalue weighted by Crippen LogP contribution is -2.34. The molecule has 5 heteroatoms. The first-order chi connectivity index (χ1) is 8.75. The van der Waals surface area contributed by atoms with E-state index in [0.29, 0.717) is 23.5 Å². The van der Waals surface area contributed by atoms with Crippen molar-refractivity contribution >= 4 is 11.7 Å². The van der Waals surface area contributed by atoms with Crippen LogP contribution in [-0.4, -0.2) is 41.0 Å². The smallest absolute Gasteiger partial charge is 0.252 e. The molecule has 0 bridgehead atoms. The highest BCUT2D eigenvalue weighted by atomic mass is 16.1. The lowest BCUT2D eigenvalue weighted by Gasteiger charge is -2.22. The van der Waals surface area contributed by atoms with Gasteiger partial charge in [-0.05, 0) is 37.9 Å². The lowest BCUT2D eigenvalue weighted by atomic mass is 10.1. The predicted octanol–water partition coefficient (Wildman–Crippen LogP) is 0.829. The van der Waals surface area contributed by atoms with E-state index in [1.807, 2.05) is 0 Å². The Labute approximate surface area is 106 Å². The topological polar surface area (TPSA) is 71.2 Å². The Morgan fingerprint density at radius 1 is 1.44 bits per heavy atom. The molecule has 2 fully saturated rings. The summed E-state index contributed by atoms with van der Waals surface area (Å²) < 4.78 is 0. The number of amides is 1. The fourth-order valence-corrected chi connectivity index (χ4v) is 3.15. The van der Waals surface area contributed by atoms with Gasteiger partial charge in [-0.1, -0.05) is 0 Å². The van der Waals surface area contributed by atoms with E-state index in [1.165, 1.54) is 19.4 Å². The standard InChI is InChI=1S/C13H18N4O/c14-12(18)9-3-1-6-15-13(9)16-10-5-8-17-7-2-4-11(10)17/h1,3,6,10-11H,2,4-5,7-8H2,(H2,14,18)(H,15,16). The van der Waals surface area contributed by atoms with Gasteiger partial charge in [0, 0.05) is 24.8 Å². The fraction of sp³-hybridized carbons (Fsp3) is 0.538. The van der Waals surface area contributed by atoms with Crippen molar-refractivity contribution in [3.63, 3.8) is 0 Å². The van der Waals surface area contributed by atoms with E-state index in [1.54, 1.807) is 18.3 Å². The van der Waals surface area contributed by atoms with Crippen molar-refractivity contribution in [3.05, 3.63) is 23.9 Å². The van der Waals surface area contributed by atoms with Crippen LogP contribution in [-0.2, 0) is 0 Å². The number of primary amides is 1. The molecule has 1 aromatic heterocycles. The molecule has 2 saturated heterocycles. The van der Waals surface area contributed by atoms with E-state index in [-0.39, 0.29) is 0 Å². The molecule has 96 valence electrons. The molecule has 0 saturated carbocycles. The molecule has 0 spiro atoms. The van der Waals surface area contributed by atoms with Gasteiger partial charge in [0.2, 0.25) is 0 Å². The second-order valence-corrected chi connectivity index (χ2v) is 5.05. The molecule has 0 radical (unpaired) electrons. The number of carbonyl (C=O) groups is 1. The highest BCUT2D eigenvalue weighted by molar-refractivity contribution is 5.97. The highest BCUT2D eigenvalue weighted by Gasteiger charge is 2.37. The number of rotatable bonds is 3. The maximum Gasteiger partial charge on any atom is 0.252 e. The average Bonchev–Trinajstić information content (AvgIpc) is 2.94. The minimum absolute atomic E-state index is 0.389. The number of nitrogens with zero attached hydrogens (tertiary/aromatic N) is 2. The van der Waals surface area contributed by atoms with Crippen LogP contribution in [0.15, 0.2) is 18.3 Å². The van der Waals surface area contributed by atoms with Crippen LogP contribution in [0.4, 0.5) is 5.82 Å². The summed E-state index contributed by atoms with van der Waals surface area (Å²) >= 11 is 0. The number of hydrogen-bond donors (Lipinski definition) is 2. The number of anilines is 1. The monoisotopic (exact) mass is 246 g/mol. The molecule has 2 unspecified atom stereocenters. The number of nitrogens with one attached hydrogen (secondary N) is 1. The van der Waals surface area contributed by atoms with Gasteiger partial charge in [-0.3, -0.25) is 9.69 Å². The number of nitrogens with two attached hydrogens (primary N) is 1. The molecule has 18 heavy (non-hydrogen) atoms. The second kappa shape index (κ2) is 4.57.